The molecule has 116 valence electrons. The van der Waals surface area contributed by atoms with Crippen molar-refractivity contribution in [3.8, 4) is 0 Å². The molecular weight excluding hydrogens is 310 g/mol. The van der Waals surface area contributed by atoms with Crippen molar-refractivity contribution in [2.45, 2.75) is 12.2 Å². The van der Waals surface area contributed by atoms with E-state index in [2.05, 4.69) is 5.32 Å². The molecule has 0 saturated heterocycles. The Bertz CT molecular complexity index is 629. The monoisotopic (exact) mass is 329 g/mol. The van der Waals surface area contributed by atoms with Gasteiger partial charge in [0.05, 0.1) is 5.75 Å². The van der Waals surface area contributed by atoms with Crippen LogP contribution in [-0.2, 0) is 20.6 Å². The predicted molar refractivity (Wildman–Crippen MR) is 86.3 cm³/mol. The van der Waals surface area contributed by atoms with Crippen molar-refractivity contribution in [2.24, 2.45) is 5.73 Å². The number of carbonyl (C=O) groups is 1. The lowest BCUT2D eigenvalue weighted by Crippen LogP contribution is -2.32. The molecule has 1 aromatic rings. The molecule has 1 aromatic carbocycles. The Labute approximate surface area is 130 Å². The largest absolute Gasteiger partial charge is 0.389 e. The molecule has 0 radical (unpaired) electrons. The number of hydrogen-bond acceptors (Lipinski definition) is 4. The molecule has 6 nitrogen and oxygen atoms in total. The lowest BCUT2D eigenvalue weighted by atomic mass is 10.1. The van der Waals surface area contributed by atoms with Crippen LogP contribution >= 0.6 is 12.2 Å². The number of benzene rings is 1. The van der Waals surface area contributed by atoms with E-state index in [0.29, 0.717) is 11.1 Å². The van der Waals surface area contributed by atoms with Crippen LogP contribution < -0.4 is 11.1 Å². The third kappa shape index (κ3) is 5.41. The highest BCUT2D eigenvalue weighted by molar-refractivity contribution is 7.88. The fourth-order valence-electron chi connectivity index (χ4n) is 1.66. The summed E-state index contributed by atoms with van der Waals surface area (Å²) in [4.78, 5) is 11.4. The highest BCUT2D eigenvalue weighted by Crippen LogP contribution is 2.12. The molecule has 0 unspecified atom stereocenters. The SMILES string of the molecule is CNC(=O)CCN(C)S(=O)(=O)Cc1cccc(C(N)=S)c1. The molecular formula is C13H19N3O3S2. The number of nitrogens with two attached hydrogens (primary N) is 1. The van der Waals surface area contributed by atoms with E-state index in [9.17, 15) is 13.2 Å². The van der Waals surface area contributed by atoms with E-state index in [1.165, 1.54) is 18.4 Å². The topological polar surface area (TPSA) is 92.5 Å². The standard InChI is InChI=1S/C13H19N3O3S2/c1-15-12(17)6-7-16(2)21(18,19)9-10-4-3-5-11(8-10)13(14)20/h3-5,8H,6-7,9H2,1-2H3,(H2,14,20)(H,15,17). The summed E-state index contributed by atoms with van der Waals surface area (Å²) >= 11 is 4.87. The van der Waals surface area contributed by atoms with E-state index in [-0.39, 0.29) is 29.6 Å². The van der Waals surface area contributed by atoms with Crippen LogP contribution in [0.1, 0.15) is 17.5 Å². The first kappa shape index (κ1) is 17.5. The van der Waals surface area contributed by atoms with Gasteiger partial charge in [0.1, 0.15) is 4.99 Å². The van der Waals surface area contributed by atoms with Gasteiger partial charge in [-0.1, -0.05) is 30.4 Å². The van der Waals surface area contributed by atoms with E-state index < -0.39 is 10.0 Å². The fourth-order valence-corrected chi connectivity index (χ4v) is 2.98. The van der Waals surface area contributed by atoms with Crippen LogP contribution in [-0.4, -0.2) is 44.3 Å². The van der Waals surface area contributed by atoms with Crippen LogP contribution in [0.15, 0.2) is 24.3 Å². The van der Waals surface area contributed by atoms with Crippen LogP contribution in [0.5, 0.6) is 0 Å². The summed E-state index contributed by atoms with van der Waals surface area (Å²) in [5.41, 5.74) is 6.76. The minimum atomic E-state index is -3.49. The van der Waals surface area contributed by atoms with Crippen molar-refractivity contribution in [2.75, 3.05) is 20.6 Å². The van der Waals surface area contributed by atoms with Crippen molar-refractivity contribution in [3.63, 3.8) is 0 Å². The molecule has 0 spiro atoms. The third-order valence-electron chi connectivity index (χ3n) is 2.97. The molecule has 0 fully saturated rings. The van der Waals surface area contributed by atoms with Gasteiger partial charge >= 0.3 is 0 Å². The summed E-state index contributed by atoms with van der Waals surface area (Å²) in [6, 6.07) is 6.80. The zero-order valence-electron chi connectivity index (χ0n) is 12.0. The summed E-state index contributed by atoms with van der Waals surface area (Å²) in [5.74, 6) is -0.360. The Balaban J connectivity index is 2.77. The molecule has 0 heterocycles. The molecule has 0 saturated carbocycles. The molecule has 1 rings (SSSR count). The maximum atomic E-state index is 12.2. The summed E-state index contributed by atoms with van der Waals surface area (Å²) in [5, 5.41) is 2.45. The van der Waals surface area contributed by atoms with Crippen LogP contribution in [0.3, 0.4) is 0 Å². The predicted octanol–water partition coefficient (Wildman–Crippen LogP) is 0.219. The number of nitrogens with zero attached hydrogens (tertiary/aromatic N) is 1. The fraction of sp³-hybridized carbons (Fsp3) is 0.385. The van der Waals surface area contributed by atoms with E-state index in [0.717, 1.165) is 0 Å². The van der Waals surface area contributed by atoms with Crippen molar-refractivity contribution >= 4 is 33.1 Å². The number of thiocarbonyl (C=S) groups is 1. The van der Waals surface area contributed by atoms with Gasteiger partial charge in [0.25, 0.3) is 0 Å². The first-order valence-corrected chi connectivity index (χ1v) is 8.31. The molecule has 1 amide bonds. The molecule has 3 N–H and O–H groups in total. The lowest BCUT2D eigenvalue weighted by molar-refractivity contribution is -0.120. The van der Waals surface area contributed by atoms with Gasteiger partial charge in [0.2, 0.25) is 15.9 Å². The van der Waals surface area contributed by atoms with E-state index >= 15 is 0 Å². The van der Waals surface area contributed by atoms with Crippen LogP contribution in [0, 0.1) is 0 Å². The average molecular weight is 329 g/mol. The third-order valence-corrected chi connectivity index (χ3v) is 5.03. The molecule has 0 bridgehead atoms. The van der Waals surface area contributed by atoms with Gasteiger partial charge in [-0.3, -0.25) is 4.79 Å². The quantitative estimate of drug-likeness (QED) is 0.698. The number of sulfonamides is 1. The van der Waals surface area contributed by atoms with E-state index in [1.807, 2.05) is 0 Å². The Morgan fingerprint density at radius 2 is 2.10 bits per heavy atom. The minimum absolute atomic E-state index is 0.124. The second-order valence-electron chi connectivity index (χ2n) is 4.57. The molecule has 0 aliphatic carbocycles. The smallest absolute Gasteiger partial charge is 0.221 e. The maximum Gasteiger partial charge on any atom is 0.221 e. The Morgan fingerprint density at radius 1 is 1.43 bits per heavy atom. The van der Waals surface area contributed by atoms with E-state index in [1.54, 1.807) is 24.3 Å². The number of hydrogen-bond donors (Lipinski definition) is 2. The number of amides is 1. The van der Waals surface area contributed by atoms with Crippen molar-refractivity contribution in [1.82, 2.24) is 9.62 Å². The van der Waals surface area contributed by atoms with Gasteiger partial charge in [-0.15, -0.1) is 0 Å². The van der Waals surface area contributed by atoms with Gasteiger partial charge in [-0.25, -0.2) is 12.7 Å². The Hall–Kier alpha value is -1.51. The second-order valence-corrected chi connectivity index (χ2v) is 7.08. The minimum Gasteiger partial charge on any atom is -0.389 e. The molecule has 21 heavy (non-hydrogen) atoms. The summed E-state index contributed by atoms with van der Waals surface area (Å²) in [6.07, 6.45) is 0.124. The second kappa shape index (κ2) is 7.48. The highest BCUT2D eigenvalue weighted by Gasteiger charge is 2.19. The molecule has 0 aliphatic heterocycles. The van der Waals surface area contributed by atoms with E-state index in [4.69, 9.17) is 18.0 Å². The number of carbonyl (C=O) groups excluding carboxylic acids is 1. The van der Waals surface area contributed by atoms with Crippen molar-refractivity contribution in [1.29, 1.82) is 0 Å². The van der Waals surface area contributed by atoms with Gasteiger partial charge in [-0.05, 0) is 11.6 Å². The zero-order valence-corrected chi connectivity index (χ0v) is 13.6. The van der Waals surface area contributed by atoms with Crippen molar-refractivity contribution < 1.29 is 13.2 Å². The first-order chi connectivity index (χ1) is 9.76. The average Bonchev–Trinajstić information content (AvgIpc) is 2.43. The molecule has 8 heteroatoms. The lowest BCUT2D eigenvalue weighted by Gasteiger charge is -2.17. The molecule has 0 atom stereocenters. The van der Waals surface area contributed by atoms with Crippen LogP contribution in [0.4, 0.5) is 0 Å². The Kier molecular flexibility index (Phi) is 6.25. The van der Waals surface area contributed by atoms with Gasteiger partial charge < -0.3 is 11.1 Å². The van der Waals surface area contributed by atoms with Gasteiger partial charge in [-0.2, -0.15) is 0 Å². The number of nitrogens with one attached hydrogen (secondary N) is 1. The highest BCUT2D eigenvalue weighted by atomic mass is 32.2. The van der Waals surface area contributed by atoms with Crippen LogP contribution in [0.25, 0.3) is 0 Å². The summed E-state index contributed by atoms with van der Waals surface area (Å²) < 4.78 is 25.6. The summed E-state index contributed by atoms with van der Waals surface area (Å²) in [7, 11) is -0.524. The number of rotatable bonds is 7. The van der Waals surface area contributed by atoms with Gasteiger partial charge in [0.15, 0.2) is 0 Å². The van der Waals surface area contributed by atoms with Crippen molar-refractivity contribution in [3.05, 3.63) is 35.4 Å². The Morgan fingerprint density at radius 3 is 2.67 bits per heavy atom. The van der Waals surface area contributed by atoms with Gasteiger partial charge in [0, 0.05) is 32.6 Å². The normalized spacial score (nSPS) is 11.4. The first-order valence-electron chi connectivity index (χ1n) is 6.29. The maximum absolute atomic E-state index is 12.2. The summed E-state index contributed by atoms with van der Waals surface area (Å²) in [6.45, 7) is 0.136. The molecule has 0 aromatic heterocycles. The van der Waals surface area contributed by atoms with Crippen LogP contribution in [0.2, 0.25) is 0 Å². The zero-order chi connectivity index (χ0) is 16.0. The molecule has 0 aliphatic rings.